The first-order valence-corrected chi connectivity index (χ1v) is 8.93. The summed E-state index contributed by atoms with van der Waals surface area (Å²) in [6, 6.07) is 7.95. The number of fused-ring (bicyclic) bond motifs is 1. The molecule has 1 aliphatic heterocycles. The molecule has 0 bridgehead atoms. The van der Waals surface area contributed by atoms with Crippen LogP contribution in [-0.4, -0.2) is 50.5 Å². The number of rotatable bonds is 5. The van der Waals surface area contributed by atoms with Crippen LogP contribution < -0.4 is 5.32 Å². The van der Waals surface area contributed by atoms with E-state index >= 15 is 0 Å². The van der Waals surface area contributed by atoms with Gasteiger partial charge in [0.15, 0.2) is 5.65 Å². The summed E-state index contributed by atoms with van der Waals surface area (Å²) in [5.74, 6) is -0.142. The van der Waals surface area contributed by atoms with Gasteiger partial charge in [0.1, 0.15) is 0 Å². The van der Waals surface area contributed by atoms with Crippen LogP contribution in [0.5, 0.6) is 0 Å². The summed E-state index contributed by atoms with van der Waals surface area (Å²) in [5, 5.41) is 16.5. The van der Waals surface area contributed by atoms with E-state index < -0.39 is 0 Å². The molecule has 1 N–H and O–H groups in total. The number of carbonyl (C=O) groups excluding carboxylic acids is 1. The fraction of sp³-hybridized carbons (Fsp3) is 0.375. The largest absolute Gasteiger partial charge is 0.350 e. The predicted molar refractivity (Wildman–Crippen MR) is 91.0 cm³/mol. The monoisotopic (exact) mass is 342 g/mol. The molecule has 3 aromatic heterocycles. The van der Waals surface area contributed by atoms with Crippen LogP contribution >= 0.6 is 11.3 Å². The molecule has 4 rings (SSSR count). The van der Waals surface area contributed by atoms with Crippen molar-refractivity contribution in [2.24, 2.45) is 0 Å². The summed E-state index contributed by atoms with van der Waals surface area (Å²) in [6.07, 6.45) is 4.17. The lowest BCUT2D eigenvalue weighted by atomic mass is 10.2. The Hall–Kier alpha value is -2.32. The smallest absolute Gasteiger partial charge is 0.255 e. The number of aromatic nitrogens is 4. The number of pyridine rings is 1. The van der Waals surface area contributed by atoms with Gasteiger partial charge in [-0.1, -0.05) is 6.07 Å². The van der Waals surface area contributed by atoms with E-state index in [0.29, 0.717) is 17.8 Å². The number of carbonyl (C=O) groups is 1. The first-order valence-electron chi connectivity index (χ1n) is 8.05. The van der Waals surface area contributed by atoms with Crippen molar-refractivity contribution in [3.8, 4) is 0 Å². The zero-order valence-corrected chi connectivity index (χ0v) is 13.9. The van der Waals surface area contributed by atoms with Crippen molar-refractivity contribution in [3.05, 3.63) is 46.3 Å². The van der Waals surface area contributed by atoms with Gasteiger partial charge in [-0.25, -0.2) is 0 Å². The second-order valence-electron chi connectivity index (χ2n) is 5.85. The van der Waals surface area contributed by atoms with E-state index in [1.807, 2.05) is 0 Å². The quantitative estimate of drug-likeness (QED) is 0.764. The number of hydrogen-bond donors (Lipinski definition) is 1. The molecule has 1 atom stereocenters. The van der Waals surface area contributed by atoms with E-state index in [1.54, 1.807) is 29.7 Å². The lowest BCUT2D eigenvalue weighted by Crippen LogP contribution is -2.36. The van der Waals surface area contributed by atoms with Crippen LogP contribution in [0.2, 0.25) is 0 Å². The molecule has 7 nitrogen and oxygen atoms in total. The molecule has 1 amide bonds. The first-order chi connectivity index (χ1) is 11.8. The highest BCUT2D eigenvalue weighted by molar-refractivity contribution is 7.10. The molecule has 0 aromatic carbocycles. The number of amides is 1. The maximum Gasteiger partial charge on any atom is 0.255 e. The molecule has 0 spiro atoms. The highest BCUT2D eigenvalue weighted by Crippen LogP contribution is 2.27. The normalized spacial score (nSPS) is 16.5. The Morgan fingerprint density at radius 3 is 2.96 bits per heavy atom. The zero-order chi connectivity index (χ0) is 16.4. The van der Waals surface area contributed by atoms with Crippen LogP contribution in [0, 0.1) is 0 Å². The Morgan fingerprint density at radius 1 is 1.29 bits per heavy atom. The van der Waals surface area contributed by atoms with Crippen molar-refractivity contribution >= 4 is 22.9 Å². The number of hydrogen-bond acceptors (Lipinski definition) is 6. The Morgan fingerprint density at radius 2 is 2.17 bits per heavy atom. The summed E-state index contributed by atoms with van der Waals surface area (Å²) in [4.78, 5) is 16.4. The standard InChI is InChI=1S/C16H18N6OS/c23-16(12-5-3-9-22-15(12)18-19-20-22)17-11-13(14-6-4-10-24-14)21-7-1-2-8-21/h3-6,9-10,13H,1-2,7-8,11H2,(H,17,23). The van der Waals surface area contributed by atoms with Gasteiger partial charge in [-0.15, -0.1) is 16.4 Å². The number of nitrogens with one attached hydrogen (secondary N) is 1. The van der Waals surface area contributed by atoms with Gasteiger partial charge in [0, 0.05) is 17.6 Å². The van der Waals surface area contributed by atoms with E-state index in [0.717, 1.165) is 13.1 Å². The lowest BCUT2D eigenvalue weighted by Gasteiger charge is -2.26. The third kappa shape index (κ3) is 2.90. The topological polar surface area (TPSA) is 75.4 Å². The molecule has 0 saturated carbocycles. The molecule has 0 aliphatic carbocycles. The van der Waals surface area contributed by atoms with Crippen molar-refractivity contribution in [1.29, 1.82) is 0 Å². The Kier molecular flexibility index (Phi) is 4.22. The highest BCUT2D eigenvalue weighted by Gasteiger charge is 2.25. The van der Waals surface area contributed by atoms with Crippen molar-refractivity contribution in [1.82, 2.24) is 30.3 Å². The lowest BCUT2D eigenvalue weighted by molar-refractivity contribution is 0.0939. The summed E-state index contributed by atoms with van der Waals surface area (Å²) in [7, 11) is 0. The van der Waals surface area contributed by atoms with E-state index in [-0.39, 0.29) is 11.9 Å². The minimum absolute atomic E-state index is 0.142. The Labute approximate surface area is 143 Å². The second-order valence-corrected chi connectivity index (χ2v) is 6.83. The molecule has 1 saturated heterocycles. The average molecular weight is 342 g/mol. The molecule has 24 heavy (non-hydrogen) atoms. The van der Waals surface area contributed by atoms with Crippen molar-refractivity contribution in [3.63, 3.8) is 0 Å². The Bertz CT molecular complexity index is 824. The molecular formula is C16H18N6OS. The fourth-order valence-electron chi connectivity index (χ4n) is 3.17. The van der Waals surface area contributed by atoms with E-state index in [2.05, 4.69) is 43.3 Å². The van der Waals surface area contributed by atoms with Gasteiger partial charge in [-0.2, -0.15) is 4.52 Å². The van der Waals surface area contributed by atoms with E-state index in [1.165, 1.54) is 22.2 Å². The molecule has 8 heteroatoms. The average Bonchev–Trinajstić information content (AvgIpc) is 3.35. The van der Waals surface area contributed by atoms with Gasteiger partial charge in [-0.05, 0) is 59.9 Å². The SMILES string of the molecule is O=C(NCC(c1cccs1)N1CCCC1)c1cccn2nnnc12. The third-order valence-electron chi connectivity index (χ3n) is 4.38. The molecule has 124 valence electrons. The number of nitrogens with zero attached hydrogens (tertiary/aromatic N) is 5. The minimum Gasteiger partial charge on any atom is -0.350 e. The van der Waals surface area contributed by atoms with Gasteiger partial charge < -0.3 is 5.32 Å². The molecule has 3 aromatic rings. The molecule has 1 aliphatic rings. The predicted octanol–water partition coefficient (Wildman–Crippen LogP) is 1.75. The van der Waals surface area contributed by atoms with Gasteiger partial charge in [0.25, 0.3) is 5.91 Å². The molecule has 1 fully saturated rings. The summed E-state index contributed by atoms with van der Waals surface area (Å²) in [5.41, 5.74) is 0.970. The molecular weight excluding hydrogens is 324 g/mol. The van der Waals surface area contributed by atoms with E-state index in [9.17, 15) is 4.79 Å². The van der Waals surface area contributed by atoms with Gasteiger partial charge in [0.2, 0.25) is 0 Å². The number of tetrazole rings is 1. The van der Waals surface area contributed by atoms with Crippen molar-refractivity contribution in [2.45, 2.75) is 18.9 Å². The highest BCUT2D eigenvalue weighted by atomic mass is 32.1. The molecule has 0 radical (unpaired) electrons. The van der Waals surface area contributed by atoms with Crippen LogP contribution in [-0.2, 0) is 0 Å². The van der Waals surface area contributed by atoms with Crippen molar-refractivity contribution in [2.75, 3.05) is 19.6 Å². The maximum atomic E-state index is 12.6. The van der Waals surface area contributed by atoms with Gasteiger partial charge in [-0.3, -0.25) is 9.69 Å². The van der Waals surface area contributed by atoms with Crippen LogP contribution in [0.3, 0.4) is 0 Å². The first kappa shape index (κ1) is 15.2. The van der Waals surface area contributed by atoms with Crippen molar-refractivity contribution < 1.29 is 4.79 Å². The minimum atomic E-state index is -0.142. The third-order valence-corrected chi connectivity index (χ3v) is 5.35. The van der Waals surface area contributed by atoms with Crippen LogP contribution in [0.25, 0.3) is 5.65 Å². The summed E-state index contributed by atoms with van der Waals surface area (Å²) < 4.78 is 1.51. The number of likely N-dealkylation sites (tertiary alicyclic amines) is 1. The zero-order valence-electron chi connectivity index (χ0n) is 13.1. The second kappa shape index (κ2) is 6.66. The maximum absolute atomic E-state index is 12.6. The summed E-state index contributed by atoms with van der Waals surface area (Å²) in [6.45, 7) is 2.76. The van der Waals surface area contributed by atoms with Gasteiger partial charge in [0.05, 0.1) is 11.6 Å². The molecule has 1 unspecified atom stereocenters. The van der Waals surface area contributed by atoms with Crippen LogP contribution in [0.15, 0.2) is 35.8 Å². The fourth-order valence-corrected chi connectivity index (χ4v) is 4.03. The number of thiophene rings is 1. The molecule has 4 heterocycles. The van der Waals surface area contributed by atoms with Crippen LogP contribution in [0.4, 0.5) is 0 Å². The van der Waals surface area contributed by atoms with Crippen LogP contribution in [0.1, 0.15) is 34.1 Å². The summed E-state index contributed by atoms with van der Waals surface area (Å²) >= 11 is 1.74. The van der Waals surface area contributed by atoms with E-state index in [4.69, 9.17) is 0 Å². The Balaban J connectivity index is 1.51. The van der Waals surface area contributed by atoms with Gasteiger partial charge >= 0.3 is 0 Å².